The topological polar surface area (TPSA) is 73.2 Å². The molecule has 0 spiro atoms. The summed E-state index contributed by atoms with van der Waals surface area (Å²) in [4.78, 5) is 1.84. The summed E-state index contributed by atoms with van der Waals surface area (Å²) >= 11 is 0. The molecule has 0 aliphatic carbocycles. The molecule has 0 bridgehead atoms. The van der Waals surface area contributed by atoms with E-state index in [9.17, 15) is 15.3 Å². The van der Waals surface area contributed by atoms with Gasteiger partial charge in [0.15, 0.2) is 0 Å². The summed E-state index contributed by atoms with van der Waals surface area (Å²) in [5.74, 6) is 0. The van der Waals surface area contributed by atoms with Crippen molar-refractivity contribution in [3.63, 3.8) is 0 Å². The van der Waals surface area contributed by atoms with E-state index in [1.54, 1.807) is 0 Å². The number of aliphatic hydroxyl groups excluding tert-OH is 3. The van der Waals surface area contributed by atoms with Crippen LogP contribution in [0.3, 0.4) is 0 Å². The molecule has 1 unspecified atom stereocenters. The average molecular weight is 219 g/mol. The highest BCUT2D eigenvalue weighted by atomic mass is 16.5. The molecule has 3 N–H and O–H groups in total. The van der Waals surface area contributed by atoms with Crippen LogP contribution in [0.5, 0.6) is 0 Å². The molecule has 1 aliphatic heterocycles. The van der Waals surface area contributed by atoms with E-state index < -0.39 is 18.3 Å². The summed E-state index contributed by atoms with van der Waals surface area (Å²) in [7, 11) is 0. The molecule has 0 radical (unpaired) electrons. The van der Waals surface area contributed by atoms with E-state index >= 15 is 0 Å². The van der Waals surface area contributed by atoms with Crippen molar-refractivity contribution in [1.29, 1.82) is 0 Å². The van der Waals surface area contributed by atoms with Crippen LogP contribution in [0.15, 0.2) is 0 Å². The normalized spacial score (nSPS) is 30.0. The van der Waals surface area contributed by atoms with Crippen LogP contribution < -0.4 is 0 Å². The van der Waals surface area contributed by atoms with Gasteiger partial charge in [0.05, 0.1) is 31.0 Å². The Morgan fingerprint density at radius 2 is 1.80 bits per heavy atom. The van der Waals surface area contributed by atoms with Crippen molar-refractivity contribution >= 4 is 0 Å². The Bertz CT molecular complexity index is 178. The molecule has 0 aromatic heterocycles. The first-order valence-electron chi connectivity index (χ1n) is 5.37. The zero-order valence-corrected chi connectivity index (χ0v) is 9.33. The van der Waals surface area contributed by atoms with Crippen molar-refractivity contribution < 1.29 is 20.1 Å². The highest BCUT2D eigenvalue weighted by Crippen LogP contribution is 2.10. The third kappa shape index (κ3) is 4.44. The zero-order chi connectivity index (χ0) is 11.4. The maximum Gasteiger partial charge on any atom is 0.0938 e. The molecule has 15 heavy (non-hydrogen) atoms. The van der Waals surface area contributed by atoms with Crippen LogP contribution in [0.4, 0.5) is 0 Å². The summed E-state index contributed by atoms with van der Waals surface area (Å²) in [6.45, 7) is 5.38. The SMILES string of the molecule is CC(C)OCC(O)CN1C[C@@H](O)[C@@H](O)C1. The lowest BCUT2D eigenvalue weighted by Gasteiger charge is -2.20. The Kier molecular flexibility index (Phi) is 4.95. The summed E-state index contributed by atoms with van der Waals surface area (Å²) in [5, 5.41) is 28.2. The first kappa shape index (κ1) is 12.9. The lowest BCUT2D eigenvalue weighted by Crippen LogP contribution is -2.34. The molecule has 1 saturated heterocycles. The molecular formula is C10H21NO4. The van der Waals surface area contributed by atoms with E-state index in [0.29, 0.717) is 26.2 Å². The third-order valence-electron chi connectivity index (χ3n) is 2.43. The Balaban J connectivity index is 2.18. The van der Waals surface area contributed by atoms with Crippen molar-refractivity contribution in [3.8, 4) is 0 Å². The molecular weight excluding hydrogens is 198 g/mol. The van der Waals surface area contributed by atoms with Crippen molar-refractivity contribution in [2.45, 2.75) is 38.3 Å². The number of hydrogen-bond acceptors (Lipinski definition) is 5. The maximum atomic E-state index is 9.60. The summed E-state index contributed by atoms with van der Waals surface area (Å²) in [5.41, 5.74) is 0. The van der Waals surface area contributed by atoms with Crippen molar-refractivity contribution in [1.82, 2.24) is 4.90 Å². The van der Waals surface area contributed by atoms with Gasteiger partial charge in [0.25, 0.3) is 0 Å². The van der Waals surface area contributed by atoms with Gasteiger partial charge in [-0.1, -0.05) is 0 Å². The van der Waals surface area contributed by atoms with Gasteiger partial charge in [-0.3, -0.25) is 4.90 Å². The van der Waals surface area contributed by atoms with Crippen LogP contribution in [-0.4, -0.2) is 70.9 Å². The number of rotatable bonds is 5. The fourth-order valence-electron chi connectivity index (χ4n) is 1.65. The fourth-order valence-corrected chi connectivity index (χ4v) is 1.65. The predicted octanol–water partition coefficient (Wildman–Crippen LogP) is -1.19. The van der Waals surface area contributed by atoms with E-state index in [1.165, 1.54) is 0 Å². The molecule has 1 heterocycles. The van der Waals surface area contributed by atoms with Gasteiger partial charge in [-0.25, -0.2) is 0 Å². The van der Waals surface area contributed by atoms with Crippen molar-refractivity contribution in [3.05, 3.63) is 0 Å². The molecule has 0 saturated carbocycles. The number of aliphatic hydroxyl groups is 3. The Morgan fingerprint density at radius 3 is 2.27 bits per heavy atom. The molecule has 3 atom stereocenters. The fraction of sp³-hybridized carbons (Fsp3) is 1.00. The first-order valence-corrected chi connectivity index (χ1v) is 5.37. The van der Waals surface area contributed by atoms with Gasteiger partial charge in [-0.2, -0.15) is 0 Å². The minimum atomic E-state index is -0.691. The highest BCUT2D eigenvalue weighted by Gasteiger charge is 2.30. The maximum absolute atomic E-state index is 9.60. The Labute approximate surface area is 90.3 Å². The average Bonchev–Trinajstić information content (AvgIpc) is 2.42. The van der Waals surface area contributed by atoms with Gasteiger partial charge < -0.3 is 20.1 Å². The minimum Gasteiger partial charge on any atom is -0.389 e. The smallest absolute Gasteiger partial charge is 0.0938 e. The van der Waals surface area contributed by atoms with Crippen LogP contribution in [-0.2, 0) is 4.74 Å². The van der Waals surface area contributed by atoms with Crippen LogP contribution in [0.2, 0.25) is 0 Å². The molecule has 1 aliphatic rings. The predicted molar refractivity (Wildman–Crippen MR) is 55.5 cm³/mol. The summed E-state index contributed by atoms with van der Waals surface area (Å²) in [6.07, 6.45) is -1.84. The second-order valence-electron chi connectivity index (χ2n) is 4.39. The third-order valence-corrected chi connectivity index (χ3v) is 2.43. The largest absolute Gasteiger partial charge is 0.389 e. The van der Waals surface area contributed by atoms with Crippen LogP contribution in [0.1, 0.15) is 13.8 Å². The van der Waals surface area contributed by atoms with Gasteiger partial charge in [-0.05, 0) is 13.8 Å². The van der Waals surface area contributed by atoms with Gasteiger partial charge in [-0.15, -0.1) is 0 Å². The second-order valence-corrected chi connectivity index (χ2v) is 4.39. The van der Waals surface area contributed by atoms with Crippen LogP contribution >= 0.6 is 0 Å². The molecule has 1 fully saturated rings. The highest BCUT2D eigenvalue weighted by molar-refractivity contribution is 4.84. The van der Waals surface area contributed by atoms with Gasteiger partial charge >= 0.3 is 0 Å². The van der Waals surface area contributed by atoms with E-state index in [2.05, 4.69) is 0 Å². The molecule has 90 valence electrons. The van der Waals surface area contributed by atoms with Crippen molar-refractivity contribution in [2.24, 2.45) is 0 Å². The molecule has 0 aromatic rings. The Morgan fingerprint density at radius 1 is 1.27 bits per heavy atom. The standard InChI is InChI=1S/C10H21NO4/c1-7(2)15-6-8(12)3-11-4-9(13)10(14)5-11/h7-10,12-14H,3-6H2,1-2H3/t8?,9-,10+. The number of β-amino-alcohol motifs (C(OH)–C–C–N with tert-alkyl or cyclic N) is 3. The second kappa shape index (κ2) is 5.77. The van der Waals surface area contributed by atoms with Crippen LogP contribution in [0, 0.1) is 0 Å². The number of ether oxygens (including phenoxy) is 1. The zero-order valence-electron chi connectivity index (χ0n) is 9.33. The van der Waals surface area contributed by atoms with Gasteiger partial charge in [0.1, 0.15) is 0 Å². The monoisotopic (exact) mass is 219 g/mol. The lowest BCUT2D eigenvalue weighted by atomic mass is 10.3. The number of nitrogens with zero attached hydrogens (tertiary/aromatic N) is 1. The molecule has 5 heteroatoms. The van der Waals surface area contributed by atoms with Crippen LogP contribution in [0.25, 0.3) is 0 Å². The summed E-state index contributed by atoms with van der Waals surface area (Å²) < 4.78 is 5.27. The van der Waals surface area contributed by atoms with E-state index in [1.807, 2.05) is 18.7 Å². The molecule has 1 rings (SSSR count). The quantitative estimate of drug-likeness (QED) is 0.542. The number of hydrogen-bond donors (Lipinski definition) is 3. The van der Waals surface area contributed by atoms with Gasteiger partial charge in [0.2, 0.25) is 0 Å². The van der Waals surface area contributed by atoms with Gasteiger partial charge in [0, 0.05) is 19.6 Å². The Hall–Kier alpha value is -0.200. The summed E-state index contributed by atoms with van der Waals surface area (Å²) in [6, 6.07) is 0. The first-order chi connectivity index (χ1) is 6.99. The lowest BCUT2D eigenvalue weighted by molar-refractivity contribution is -0.00722. The van der Waals surface area contributed by atoms with E-state index in [4.69, 9.17) is 4.74 Å². The van der Waals surface area contributed by atoms with E-state index in [-0.39, 0.29) is 6.10 Å². The molecule has 0 aromatic carbocycles. The minimum absolute atomic E-state index is 0.106. The molecule has 5 nitrogen and oxygen atoms in total. The number of likely N-dealkylation sites (tertiary alicyclic amines) is 1. The van der Waals surface area contributed by atoms with E-state index in [0.717, 1.165) is 0 Å². The van der Waals surface area contributed by atoms with Crippen molar-refractivity contribution in [2.75, 3.05) is 26.2 Å². The molecule has 0 amide bonds.